The molecule has 0 aromatic carbocycles. The van der Waals surface area contributed by atoms with Crippen molar-refractivity contribution in [3.63, 3.8) is 0 Å². The van der Waals surface area contributed by atoms with Gasteiger partial charge in [-0.15, -0.1) is 0 Å². The molecule has 6 heteroatoms. The Bertz CT molecular complexity index is 254. The smallest absolute Gasteiger partial charge is 0.312 e. The maximum absolute atomic E-state index is 10.4. The second kappa shape index (κ2) is 5.85. The zero-order valence-corrected chi connectivity index (χ0v) is 9.93. The number of rotatable bonds is 4. The third-order valence-electron chi connectivity index (χ3n) is 2.18. The minimum Gasteiger partial charge on any atom is -0.361 e. The molecule has 86 valence electrons. The number of amides is 2. The van der Waals surface area contributed by atoms with Crippen molar-refractivity contribution in [3.8, 4) is 0 Å². The van der Waals surface area contributed by atoms with E-state index < -0.39 is 6.03 Å². The van der Waals surface area contributed by atoms with Gasteiger partial charge in [0.05, 0.1) is 6.54 Å². The highest BCUT2D eigenvalue weighted by Gasteiger charge is 2.22. The number of primary amides is 1. The van der Waals surface area contributed by atoms with Crippen LogP contribution < -0.4 is 16.4 Å². The standard InChI is InChI=1S/C9H18N4OS/c1-6(2)7-5-15-9(13-7)12-4-3-11-8(10)14/h6-7H,3-5H2,1-2H3,(H,12,13)(H3,10,11,14). The van der Waals surface area contributed by atoms with E-state index in [1.807, 2.05) is 0 Å². The van der Waals surface area contributed by atoms with Crippen molar-refractivity contribution in [3.05, 3.63) is 0 Å². The summed E-state index contributed by atoms with van der Waals surface area (Å²) in [6, 6.07) is 0.0140. The number of hydrogen-bond donors (Lipinski definition) is 3. The first-order chi connectivity index (χ1) is 7.09. The number of aliphatic imine (C=N–C) groups is 1. The van der Waals surface area contributed by atoms with Crippen molar-refractivity contribution in [2.75, 3.05) is 18.8 Å². The lowest BCUT2D eigenvalue weighted by atomic mass is 10.1. The minimum absolute atomic E-state index is 0.493. The molecule has 0 aromatic rings. The molecule has 0 aromatic heterocycles. The molecule has 1 aliphatic rings. The van der Waals surface area contributed by atoms with Crippen molar-refractivity contribution in [2.24, 2.45) is 16.6 Å². The van der Waals surface area contributed by atoms with Gasteiger partial charge in [0.25, 0.3) is 0 Å². The molecule has 1 rings (SSSR count). The van der Waals surface area contributed by atoms with Crippen LogP contribution in [0.2, 0.25) is 0 Å². The summed E-state index contributed by atoms with van der Waals surface area (Å²) in [4.78, 5) is 14.7. The molecule has 0 aliphatic carbocycles. The number of urea groups is 1. The molecule has 4 N–H and O–H groups in total. The van der Waals surface area contributed by atoms with E-state index in [9.17, 15) is 4.79 Å². The van der Waals surface area contributed by atoms with Crippen molar-refractivity contribution < 1.29 is 4.79 Å². The molecule has 1 atom stereocenters. The van der Waals surface area contributed by atoms with E-state index in [0.717, 1.165) is 10.9 Å². The Hall–Kier alpha value is -0.910. The molecule has 2 amide bonds. The highest BCUT2D eigenvalue weighted by molar-refractivity contribution is 8.14. The SMILES string of the molecule is CC(C)C1CSC(=NCCNC(N)=O)N1. The molecule has 0 bridgehead atoms. The first kappa shape index (κ1) is 12.2. The normalized spacial score (nSPS) is 23.1. The fraction of sp³-hybridized carbons (Fsp3) is 0.778. The number of nitrogens with zero attached hydrogens (tertiary/aromatic N) is 1. The average molecular weight is 230 g/mol. The minimum atomic E-state index is -0.498. The van der Waals surface area contributed by atoms with Crippen LogP contribution in [0.15, 0.2) is 4.99 Å². The van der Waals surface area contributed by atoms with Gasteiger partial charge in [0, 0.05) is 18.3 Å². The fourth-order valence-electron chi connectivity index (χ4n) is 1.20. The molecular weight excluding hydrogens is 212 g/mol. The molecule has 1 fully saturated rings. The van der Waals surface area contributed by atoms with Gasteiger partial charge in [-0.2, -0.15) is 0 Å². The van der Waals surface area contributed by atoms with E-state index in [1.165, 1.54) is 0 Å². The molecular formula is C9H18N4OS. The second-order valence-corrected chi connectivity index (χ2v) is 4.79. The largest absolute Gasteiger partial charge is 0.361 e. The van der Waals surface area contributed by atoms with Crippen LogP contribution in [0, 0.1) is 5.92 Å². The average Bonchev–Trinajstić information content (AvgIpc) is 2.60. The molecule has 1 unspecified atom stereocenters. The Morgan fingerprint density at radius 3 is 3.07 bits per heavy atom. The van der Waals surface area contributed by atoms with Crippen LogP contribution in [0.5, 0.6) is 0 Å². The fourth-order valence-corrected chi connectivity index (χ4v) is 2.42. The molecule has 1 saturated heterocycles. The van der Waals surface area contributed by atoms with Crippen LogP contribution in [0.25, 0.3) is 0 Å². The van der Waals surface area contributed by atoms with E-state index >= 15 is 0 Å². The highest BCUT2D eigenvalue weighted by atomic mass is 32.2. The van der Waals surface area contributed by atoms with Gasteiger partial charge in [-0.1, -0.05) is 25.6 Å². The Labute approximate surface area is 94.3 Å². The topological polar surface area (TPSA) is 79.5 Å². The van der Waals surface area contributed by atoms with E-state index in [1.54, 1.807) is 11.8 Å². The maximum Gasteiger partial charge on any atom is 0.312 e. The predicted molar refractivity (Wildman–Crippen MR) is 64.1 cm³/mol. The van der Waals surface area contributed by atoms with E-state index in [2.05, 4.69) is 29.5 Å². The summed E-state index contributed by atoms with van der Waals surface area (Å²) in [5, 5.41) is 6.82. The molecule has 0 radical (unpaired) electrons. The predicted octanol–water partition coefficient (Wildman–Crippen LogP) is 0.372. The highest BCUT2D eigenvalue weighted by Crippen LogP contribution is 2.18. The number of thioether (sulfide) groups is 1. The summed E-state index contributed by atoms with van der Waals surface area (Å²) in [5.41, 5.74) is 4.93. The Morgan fingerprint density at radius 2 is 2.53 bits per heavy atom. The molecule has 0 saturated carbocycles. The van der Waals surface area contributed by atoms with Crippen LogP contribution in [0.4, 0.5) is 4.79 Å². The zero-order chi connectivity index (χ0) is 11.3. The number of nitrogens with one attached hydrogen (secondary N) is 2. The van der Waals surface area contributed by atoms with E-state index in [4.69, 9.17) is 5.73 Å². The molecule has 15 heavy (non-hydrogen) atoms. The Kier molecular flexibility index (Phi) is 4.74. The first-order valence-corrected chi connectivity index (χ1v) is 6.05. The van der Waals surface area contributed by atoms with Crippen LogP contribution >= 0.6 is 11.8 Å². The van der Waals surface area contributed by atoms with Gasteiger partial charge >= 0.3 is 6.03 Å². The first-order valence-electron chi connectivity index (χ1n) is 5.06. The monoisotopic (exact) mass is 230 g/mol. The summed E-state index contributed by atoms with van der Waals surface area (Å²) in [6.07, 6.45) is 0. The summed E-state index contributed by atoms with van der Waals surface area (Å²) < 4.78 is 0. The van der Waals surface area contributed by atoms with Gasteiger partial charge in [0.1, 0.15) is 0 Å². The van der Waals surface area contributed by atoms with Gasteiger partial charge in [-0.3, -0.25) is 4.99 Å². The Morgan fingerprint density at radius 1 is 1.80 bits per heavy atom. The number of nitrogens with two attached hydrogens (primary N) is 1. The van der Waals surface area contributed by atoms with Crippen LogP contribution in [0.1, 0.15) is 13.8 Å². The summed E-state index contributed by atoms with van der Waals surface area (Å²) in [7, 11) is 0. The van der Waals surface area contributed by atoms with Crippen molar-refractivity contribution in [2.45, 2.75) is 19.9 Å². The van der Waals surface area contributed by atoms with Gasteiger partial charge in [-0.25, -0.2) is 4.79 Å². The van der Waals surface area contributed by atoms with Gasteiger partial charge in [0.2, 0.25) is 0 Å². The second-order valence-electron chi connectivity index (χ2n) is 3.78. The number of amidine groups is 1. The summed E-state index contributed by atoms with van der Waals surface area (Å²) in [5.74, 6) is 1.69. The molecule has 1 aliphatic heterocycles. The summed E-state index contributed by atoms with van der Waals surface area (Å²) in [6.45, 7) is 5.45. The van der Waals surface area contributed by atoms with Gasteiger partial charge < -0.3 is 16.4 Å². The summed E-state index contributed by atoms with van der Waals surface area (Å²) >= 11 is 1.73. The van der Waals surface area contributed by atoms with Gasteiger partial charge in [0.15, 0.2) is 5.17 Å². The zero-order valence-electron chi connectivity index (χ0n) is 9.12. The van der Waals surface area contributed by atoms with E-state index in [0.29, 0.717) is 25.0 Å². The lowest BCUT2D eigenvalue weighted by Crippen LogP contribution is -2.33. The van der Waals surface area contributed by atoms with Crippen molar-refractivity contribution in [1.82, 2.24) is 10.6 Å². The van der Waals surface area contributed by atoms with Crippen LogP contribution in [0.3, 0.4) is 0 Å². The lowest BCUT2D eigenvalue weighted by Gasteiger charge is -2.13. The van der Waals surface area contributed by atoms with Gasteiger partial charge in [-0.05, 0) is 5.92 Å². The van der Waals surface area contributed by atoms with Crippen molar-refractivity contribution in [1.29, 1.82) is 0 Å². The number of carbonyl (C=O) groups excluding carboxylic acids is 1. The van der Waals surface area contributed by atoms with Crippen LogP contribution in [-0.4, -0.2) is 36.1 Å². The maximum atomic E-state index is 10.4. The third-order valence-corrected chi connectivity index (χ3v) is 3.23. The lowest BCUT2D eigenvalue weighted by molar-refractivity contribution is 0.249. The quantitative estimate of drug-likeness (QED) is 0.611. The number of hydrogen-bond acceptors (Lipinski definition) is 3. The third kappa shape index (κ3) is 4.42. The van der Waals surface area contributed by atoms with Crippen LogP contribution in [-0.2, 0) is 0 Å². The van der Waals surface area contributed by atoms with E-state index in [-0.39, 0.29) is 0 Å². The number of carbonyl (C=O) groups is 1. The van der Waals surface area contributed by atoms with Crippen molar-refractivity contribution >= 4 is 23.0 Å². The Balaban J connectivity index is 2.22. The molecule has 5 nitrogen and oxygen atoms in total. The molecule has 1 heterocycles. The molecule has 0 spiro atoms.